The fourth-order valence-corrected chi connectivity index (χ4v) is 3.27. The van der Waals surface area contributed by atoms with Crippen LogP contribution in [-0.4, -0.2) is 48.1 Å². The zero-order chi connectivity index (χ0) is 21.3. The molecule has 0 aromatic heterocycles. The minimum Gasteiger partial charge on any atom is -0.547 e. The van der Waals surface area contributed by atoms with E-state index >= 15 is 0 Å². The molecule has 0 bridgehead atoms. The molecule has 0 saturated carbocycles. The minimum absolute atomic E-state index is 0. The molecule has 31 heavy (non-hydrogen) atoms. The van der Waals surface area contributed by atoms with E-state index in [0.717, 1.165) is 10.5 Å². The van der Waals surface area contributed by atoms with E-state index in [1.165, 1.54) is 0 Å². The second kappa shape index (κ2) is 12.5. The largest absolute Gasteiger partial charge is 1.00 e. The van der Waals surface area contributed by atoms with Crippen molar-refractivity contribution >= 4 is 18.0 Å². The predicted octanol–water partition coefficient (Wildman–Crippen LogP) is -2.15. The van der Waals surface area contributed by atoms with Gasteiger partial charge in [-0.3, -0.25) is 4.90 Å². The van der Waals surface area contributed by atoms with Crippen LogP contribution in [-0.2, 0) is 32.3 Å². The van der Waals surface area contributed by atoms with E-state index in [4.69, 9.17) is 9.47 Å². The first kappa shape index (κ1) is 24.9. The number of rotatable bonds is 8. The third kappa shape index (κ3) is 7.07. The van der Waals surface area contributed by atoms with E-state index in [-0.39, 0.29) is 42.8 Å². The summed E-state index contributed by atoms with van der Waals surface area (Å²) in [4.78, 5) is 38.2. The first-order valence-electron chi connectivity index (χ1n) is 9.67. The molecule has 9 heteroatoms. The van der Waals surface area contributed by atoms with Gasteiger partial charge in [0.05, 0.1) is 12.0 Å². The molecule has 2 atom stereocenters. The Bertz CT molecular complexity index is 859. The fraction of sp³-hybridized carbons (Fsp3) is 0.318. The van der Waals surface area contributed by atoms with E-state index in [0.29, 0.717) is 25.1 Å². The molecule has 3 rings (SSSR count). The van der Waals surface area contributed by atoms with Crippen molar-refractivity contribution in [3.8, 4) is 0 Å². The standard InChI is InChI=1S/C22H24N2O6.Na/c25-20(26)19(21(27)29-14-16-7-3-1-4-8-16)24(18-11-12-23-13-18)22(28)30-15-17-9-5-2-6-10-17;/h1-10,18-19,23H,11-15H2,(H,25,26);/q;+1/p-1/t18?,19-;/m1./s1. The Kier molecular flexibility index (Phi) is 10.00. The summed E-state index contributed by atoms with van der Waals surface area (Å²) in [6.07, 6.45) is -0.422. The van der Waals surface area contributed by atoms with Crippen molar-refractivity contribution in [2.75, 3.05) is 13.1 Å². The third-order valence-electron chi connectivity index (χ3n) is 4.79. The van der Waals surface area contributed by atoms with Crippen LogP contribution in [0.15, 0.2) is 60.7 Å². The molecule has 0 aliphatic carbocycles. The Labute approximate surface area is 202 Å². The monoisotopic (exact) mass is 434 g/mol. The van der Waals surface area contributed by atoms with Gasteiger partial charge in [-0.1, -0.05) is 60.7 Å². The van der Waals surface area contributed by atoms with Gasteiger partial charge in [-0.2, -0.15) is 0 Å². The van der Waals surface area contributed by atoms with E-state index in [1.807, 2.05) is 12.1 Å². The van der Waals surface area contributed by atoms with E-state index in [9.17, 15) is 19.5 Å². The molecule has 1 amide bonds. The molecule has 1 N–H and O–H groups in total. The van der Waals surface area contributed by atoms with Crippen LogP contribution in [0.2, 0.25) is 0 Å². The summed E-state index contributed by atoms with van der Waals surface area (Å²) in [5, 5.41) is 14.9. The van der Waals surface area contributed by atoms with Gasteiger partial charge in [-0.15, -0.1) is 0 Å². The van der Waals surface area contributed by atoms with E-state index < -0.39 is 30.1 Å². The number of hydrogen-bond acceptors (Lipinski definition) is 7. The maximum atomic E-state index is 12.8. The Morgan fingerprint density at radius 3 is 2.00 bits per heavy atom. The number of hydrogen-bond donors (Lipinski definition) is 1. The fourth-order valence-electron chi connectivity index (χ4n) is 3.27. The molecule has 1 saturated heterocycles. The Hall–Kier alpha value is -2.39. The van der Waals surface area contributed by atoms with Crippen molar-refractivity contribution in [3.63, 3.8) is 0 Å². The number of benzene rings is 2. The molecule has 1 unspecified atom stereocenters. The first-order chi connectivity index (χ1) is 14.6. The van der Waals surface area contributed by atoms with Gasteiger partial charge in [0.2, 0.25) is 0 Å². The number of nitrogens with one attached hydrogen (secondary N) is 1. The smallest absolute Gasteiger partial charge is 0.547 e. The summed E-state index contributed by atoms with van der Waals surface area (Å²) in [5.74, 6) is -2.78. The maximum absolute atomic E-state index is 12.8. The molecule has 0 spiro atoms. The van der Waals surface area contributed by atoms with Gasteiger partial charge in [0.25, 0.3) is 0 Å². The van der Waals surface area contributed by atoms with Crippen molar-refractivity contribution in [2.45, 2.75) is 31.7 Å². The average Bonchev–Trinajstić information content (AvgIpc) is 3.29. The second-order valence-electron chi connectivity index (χ2n) is 6.91. The van der Waals surface area contributed by atoms with Crippen LogP contribution in [0.1, 0.15) is 17.5 Å². The van der Waals surface area contributed by atoms with Gasteiger partial charge < -0.3 is 24.7 Å². The second-order valence-corrected chi connectivity index (χ2v) is 6.91. The van der Waals surface area contributed by atoms with Crippen LogP contribution < -0.4 is 40.0 Å². The number of carbonyl (C=O) groups excluding carboxylic acids is 3. The van der Waals surface area contributed by atoms with Crippen molar-refractivity contribution < 1.29 is 58.5 Å². The Morgan fingerprint density at radius 1 is 0.968 bits per heavy atom. The molecule has 158 valence electrons. The summed E-state index contributed by atoms with van der Waals surface area (Å²) in [5.41, 5.74) is 1.44. The van der Waals surface area contributed by atoms with Crippen molar-refractivity contribution in [3.05, 3.63) is 71.8 Å². The maximum Gasteiger partial charge on any atom is 1.00 e. The number of ether oxygens (including phenoxy) is 2. The molecule has 1 heterocycles. The topological polar surface area (TPSA) is 108 Å². The van der Waals surface area contributed by atoms with E-state index in [2.05, 4.69) is 5.32 Å². The molecule has 1 aliphatic heterocycles. The summed E-state index contributed by atoms with van der Waals surface area (Å²) < 4.78 is 10.5. The number of carboxylic acid groups (broad SMARTS) is 1. The van der Waals surface area contributed by atoms with Gasteiger partial charge in [0.15, 0.2) is 6.04 Å². The third-order valence-corrected chi connectivity index (χ3v) is 4.79. The van der Waals surface area contributed by atoms with Crippen LogP contribution in [0.4, 0.5) is 4.79 Å². The molecular formula is C22H23N2NaO6. The van der Waals surface area contributed by atoms with Gasteiger partial charge in [-0.25, -0.2) is 9.59 Å². The van der Waals surface area contributed by atoms with E-state index in [1.54, 1.807) is 48.5 Å². The SMILES string of the molecule is O=C([O-])[C@H](C(=O)OCc1ccccc1)N(C(=O)OCc1ccccc1)C1CCNC1.[Na+]. The van der Waals surface area contributed by atoms with Crippen molar-refractivity contribution in [1.29, 1.82) is 0 Å². The number of nitrogens with zero attached hydrogens (tertiary/aromatic N) is 1. The number of aliphatic carboxylic acids is 1. The normalized spacial score (nSPS) is 15.9. The summed E-state index contributed by atoms with van der Waals surface area (Å²) >= 11 is 0. The zero-order valence-electron chi connectivity index (χ0n) is 17.4. The number of amides is 1. The molecule has 2 aromatic carbocycles. The summed E-state index contributed by atoms with van der Waals surface area (Å²) in [7, 11) is 0. The molecule has 0 radical (unpaired) electrons. The van der Waals surface area contributed by atoms with Crippen molar-refractivity contribution in [2.24, 2.45) is 0 Å². The molecular weight excluding hydrogens is 411 g/mol. The predicted molar refractivity (Wildman–Crippen MR) is 105 cm³/mol. The first-order valence-corrected chi connectivity index (χ1v) is 9.67. The summed E-state index contributed by atoms with van der Waals surface area (Å²) in [6, 6.07) is 15.4. The van der Waals surface area contributed by atoms with Crippen LogP contribution in [0.5, 0.6) is 0 Å². The van der Waals surface area contributed by atoms with Gasteiger partial charge in [0, 0.05) is 6.54 Å². The average molecular weight is 434 g/mol. The van der Waals surface area contributed by atoms with Crippen LogP contribution in [0, 0.1) is 0 Å². The number of carboxylic acids is 1. The van der Waals surface area contributed by atoms with Crippen LogP contribution in [0.25, 0.3) is 0 Å². The Balaban J connectivity index is 0.00000341. The number of carbonyl (C=O) groups is 3. The minimum atomic E-state index is -1.90. The van der Waals surface area contributed by atoms with Gasteiger partial charge >= 0.3 is 41.6 Å². The molecule has 1 aliphatic rings. The number of esters is 1. The van der Waals surface area contributed by atoms with Crippen LogP contribution in [0.3, 0.4) is 0 Å². The van der Waals surface area contributed by atoms with Crippen molar-refractivity contribution in [1.82, 2.24) is 10.2 Å². The molecule has 8 nitrogen and oxygen atoms in total. The van der Waals surface area contributed by atoms with Crippen LogP contribution >= 0.6 is 0 Å². The molecule has 1 fully saturated rings. The van der Waals surface area contributed by atoms with Gasteiger partial charge in [-0.05, 0) is 24.1 Å². The molecule has 2 aromatic rings. The quantitative estimate of drug-likeness (QED) is 0.287. The Morgan fingerprint density at radius 2 is 1.52 bits per heavy atom. The van der Waals surface area contributed by atoms with Gasteiger partial charge in [0.1, 0.15) is 13.2 Å². The zero-order valence-corrected chi connectivity index (χ0v) is 19.4. The summed E-state index contributed by atoms with van der Waals surface area (Å²) in [6.45, 7) is 0.774.